The fraction of sp³-hybridized carbons (Fsp3) is 0.350. The van der Waals surface area contributed by atoms with Crippen LogP contribution in [0.5, 0.6) is 0 Å². The number of rotatable bonds is 7. The van der Waals surface area contributed by atoms with Crippen molar-refractivity contribution in [3.05, 3.63) is 65.2 Å². The van der Waals surface area contributed by atoms with Gasteiger partial charge in [0, 0.05) is 18.8 Å². The van der Waals surface area contributed by atoms with Gasteiger partial charge in [-0.1, -0.05) is 42.5 Å². The van der Waals surface area contributed by atoms with E-state index in [2.05, 4.69) is 21.6 Å². The maximum Gasteiger partial charge on any atom is 0.246 e. The molecule has 0 bridgehead atoms. The molecular weight excluding hydrogens is 298 g/mol. The smallest absolute Gasteiger partial charge is 0.246 e. The highest BCUT2D eigenvalue weighted by molar-refractivity contribution is 5.96. The normalized spacial score (nSPS) is 12.2. The number of carbonyl (C=O) groups is 1. The lowest BCUT2D eigenvalue weighted by Crippen LogP contribution is -2.36. The molecule has 4 heteroatoms. The molecule has 0 heterocycles. The molecule has 0 saturated heterocycles. The molecule has 2 rings (SSSR count). The van der Waals surface area contributed by atoms with Crippen LogP contribution < -0.4 is 10.6 Å². The maximum absolute atomic E-state index is 12.9. The summed E-state index contributed by atoms with van der Waals surface area (Å²) in [4.78, 5) is 15.0. The average Bonchev–Trinajstić information content (AvgIpc) is 2.55. The minimum Gasteiger partial charge on any atom is -0.324 e. The number of nitrogens with one attached hydrogen (secondary N) is 2. The fourth-order valence-corrected chi connectivity index (χ4v) is 2.52. The quantitative estimate of drug-likeness (QED) is 0.822. The number of amides is 1. The number of likely N-dealkylation sites (N-methyl/N-ethyl adjacent to an activating group) is 1. The van der Waals surface area contributed by atoms with Gasteiger partial charge in [-0.05, 0) is 50.7 Å². The third-order valence-corrected chi connectivity index (χ3v) is 3.95. The van der Waals surface area contributed by atoms with Crippen LogP contribution in [0.3, 0.4) is 0 Å². The van der Waals surface area contributed by atoms with Crippen LogP contribution in [0.2, 0.25) is 0 Å². The second-order valence-electron chi connectivity index (χ2n) is 6.41. The predicted octanol–water partition coefficient (Wildman–Crippen LogP) is 3.13. The van der Waals surface area contributed by atoms with Crippen molar-refractivity contribution in [2.45, 2.75) is 19.9 Å². The van der Waals surface area contributed by atoms with Gasteiger partial charge in [-0.3, -0.25) is 4.79 Å². The zero-order valence-corrected chi connectivity index (χ0v) is 15.0. The number of benzene rings is 2. The molecule has 2 aromatic carbocycles. The minimum absolute atomic E-state index is 0.0337. The van der Waals surface area contributed by atoms with Gasteiger partial charge in [0.05, 0.1) is 0 Å². The first-order chi connectivity index (χ1) is 11.5. The largest absolute Gasteiger partial charge is 0.324 e. The molecule has 128 valence electrons. The maximum atomic E-state index is 12.9. The average molecular weight is 325 g/mol. The first-order valence-electron chi connectivity index (χ1n) is 8.28. The summed E-state index contributed by atoms with van der Waals surface area (Å²) in [6, 6.07) is 15.6. The van der Waals surface area contributed by atoms with E-state index in [0.29, 0.717) is 0 Å². The standard InChI is InChI=1S/C20H27N3O/c1-15-10-11-16(2)18(14-15)22-20(24)19(21-12-13-23(3)4)17-8-6-5-7-9-17/h5-11,14,19,21H,12-13H2,1-4H3,(H,22,24)/t19-/m0/s1. The van der Waals surface area contributed by atoms with E-state index in [9.17, 15) is 4.79 Å². The summed E-state index contributed by atoms with van der Waals surface area (Å²) < 4.78 is 0. The number of aryl methyl sites for hydroxylation is 2. The summed E-state index contributed by atoms with van der Waals surface area (Å²) in [5.74, 6) is -0.0337. The van der Waals surface area contributed by atoms with Crippen LogP contribution in [-0.2, 0) is 4.79 Å². The van der Waals surface area contributed by atoms with Crippen molar-refractivity contribution in [3.8, 4) is 0 Å². The summed E-state index contributed by atoms with van der Waals surface area (Å²) in [5, 5.41) is 6.44. The minimum atomic E-state index is -0.369. The fourth-order valence-electron chi connectivity index (χ4n) is 2.52. The lowest BCUT2D eigenvalue weighted by Gasteiger charge is -2.21. The van der Waals surface area contributed by atoms with E-state index in [1.807, 2.05) is 70.4 Å². The van der Waals surface area contributed by atoms with E-state index in [0.717, 1.165) is 35.5 Å². The Labute approximate surface area is 144 Å². The zero-order chi connectivity index (χ0) is 17.5. The van der Waals surface area contributed by atoms with Gasteiger partial charge in [0.2, 0.25) is 5.91 Å². The van der Waals surface area contributed by atoms with Crippen LogP contribution in [0.15, 0.2) is 48.5 Å². The Hall–Kier alpha value is -2.17. The van der Waals surface area contributed by atoms with E-state index < -0.39 is 0 Å². The Balaban J connectivity index is 2.16. The third kappa shape index (κ3) is 5.18. The Morgan fingerprint density at radius 2 is 1.79 bits per heavy atom. The van der Waals surface area contributed by atoms with Crippen molar-refractivity contribution >= 4 is 11.6 Å². The Morgan fingerprint density at radius 1 is 1.08 bits per heavy atom. The second-order valence-corrected chi connectivity index (χ2v) is 6.41. The third-order valence-electron chi connectivity index (χ3n) is 3.95. The molecule has 1 atom stereocenters. The monoisotopic (exact) mass is 325 g/mol. The van der Waals surface area contributed by atoms with Crippen LogP contribution in [0.4, 0.5) is 5.69 Å². The molecular formula is C20H27N3O. The van der Waals surface area contributed by atoms with Gasteiger partial charge >= 0.3 is 0 Å². The van der Waals surface area contributed by atoms with Crippen LogP contribution in [0.1, 0.15) is 22.7 Å². The molecule has 2 aromatic rings. The highest BCUT2D eigenvalue weighted by Crippen LogP contribution is 2.20. The summed E-state index contributed by atoms with van der Waals surface area (Å²) >= 11 is 0. The molecule has 1 amide bonds. The topological polar surface area (TPSA) is 44.4 Å². The van der Waals surface area contributed by atoms with E-state index in [4.69, 9.17) is 0 Å². The number of anilines is 1. The van der Waals surface area contributed by atoms with Crippen LogP contribution in [-0.4, -0.2) is 38.0 Å². The molecule has 0 aliphatic carbocycles. The molecule has 0 aromatic heterocycles. The number of hydrogen-bond donors (Lipinski definition) is 2. The van der Waals surface area contributed by atoms with Crippen LogP contribution >= 0.6 is 0 Å². The van der Waals surface area contributed by atoms with Gasteiger partial charge in [-0.2, -0.15) is 0 Å². The van der Waals surface area contributed by atoms with Crippen LogP contribution in [0.25, 0.3) is 0 Å². The highest BCUT2D eigenvalue weighted by atomic mass is 16.2. The van der Waals surface area contributed by atoms with Gasteiger partial charge < -0.3 is 15.5 Å². The molecule has 0 aliphatic heterocycles. The van der Waals surface area contributed by atoms with E-state index >= 15 is 0 Å². The van der Waals surface area contributed by atoms with Gasteiger partial charge in [-0.15, -0.1) is 0 Å². The van der Waals surface area contributed by atoms with Crippen molar-refractivity contribution in [2.75, 3.05) is 32.5 Å². The van der Waals surface area contributed by atoms with Crippen molar-refractivity contribution in [3.63, 3.8) is 0 Å². The molecule has 0 radical (unpaired) electrons. The molecule has 0 unspecified atom stereocenters. The summed E-state index contributed by atoms with van der Waals surface area (Å²) in [7, 11) is 4.05. The highest BCUT2D eigenvalue weighted by Gasteiger charge is 2.20. The Morgan fingerprint density at radius 3 is 2.46 bits per heavy atom. The number of carbonyl (C=O) groups excluding carboxylic acids is 1. The number of nitrogens with zero attached hydrogens (tertiary/aromatic N) is 1. The Kier molecular flexibility index (Phi) is 6.53. The molecule has 0 spiro atoms. The van der Waals surface area contributed by atoms with Crippen molar-refractivity contribution in [1.82, 2.24) is 10.2 Å². The molecule has 0 fully saturated rings. The van der Waals surface area contributed by atoms with Crippen molar-refractivity contribution in [2.24, 2.45) is 0 Å². The van der Waals surface area contributed by atoms with Gasteiger partial charge in [0.1, 0.15) is 6.04 Å². The van der Waals surface area contributed by atoms with Crippen LogP contribution in [0, 0.1) is 13.8 Å². The molecule has 4 nitrogen and oxygen atoms in total. The first kappa shape index (κ1) is 18.2. The zero-order valence-electron chi connectivity index (χ0n) is 15.0. The Bertz CT molecular complexity index is 668. The van der Waals surface area contributed by atoms with Gasteiger partial charge in [-0.25, -0.2) is 0 Å². The molecule has 2 N–H and O–H groups in total. The molecule has 24 heavy (non-hydrogen) atoms. The lowest BCUT2D eigenvalue weighted by molar-refractivity contribution is -0.118. The van der Waals surface area contributed by atoms with Crippen molar-refractivity contribution in [1.29, 1.82) is 0 Å². The summed E-state index contributed by atoms with van der Waals surface area (Å²) in [5.41, 5.74) is 4.04. The SMILES string of the molecule is Cc1ccc(C)c(NC(=O)[C@@H](NCCN(C)C)c2ccccc2)c1. The first-order valence-corrected chi connectivity index (χ1v) is 8.28. The van der Waals surface area contributed by atoms with E-state index in [1.165, 1.54) is 0 Å². The summed E-state index contributed by atoms with van der Waals surface area (Å²) in [6.07, 6.45) is 0. The van der Waals surface area contributed by atoms with E-state index in [-0.39, 0.29) is 11.9 Å². The summed E-state index contributed by atoms with van der Waals surface area (Å²) in [6.45, 7) is 5.65. The van der Waals surface area contributed by atoms with E-state index in [1.54, 1.807) is 0 Å². The van der Waals surface area contributed by atoms with Gasteiger partial charge in [0.15, 0.2) is 0 Å². The predicted molar refractivity (Wildman–Crippen MR) is 100 cm³/mol. The van der Waals surface area contributed by atoms with Gasteiger partial charge in [0.25, 0.3) is 0 Å². The molecule has 0 aliphatic rings. The lowest BCUT2D eigenvalue weighted by atomic mass is 10.1. The van der Waals surface area contributed by atoms with Crippen molar-refractivity contribution < 1.29 is 4.79 Å². The number of hydrogen-bond acceptors (Lipinski definition) is 3. The molecule has 0 saturated carbocycles. The second kappa shape index (κ2) is 8.62.